The van der Waals surface area contributed by atoms with Gasteiger partial charge in [0, 0.05) is 11.6 Å². The number of carbonyl (C=O) groups excluding carboxylic acids is 2. The Hall–Kier alpha value is -1.46. The largest absolute Gasteiger partial charge is 0.477 e. The lowest BCUT2D eigenvalue weighted by Crippen LogP contribution is -2.49. The van der Waals surface area contributed by atoms with Crippen LogP contribution in [0.5, 0.6) is 5.75 Å². The van der Waals surface area contributed by atoms with Crippen LogP contribution in [0, 0.1) is 5.92 Å². The summed E-state index contributed by atoms with van der Waals surface area (Å²) in [7, 11) is 1.31. The number of esters is 1. The highest BCUT2D eigenvalue weighted by Crippen LogP contribution is 2.43. The van der Waals surface area contributed by atoms with Crippen molar-refractivity contribution < 1.29 is 19.1 Å². The summed E-state index contributed by atoms with van der Waals surface area (Å²) in [6, 6.07) is 3.17. The summed E-state index contributed by atoms with van der Waals surface area (Å²) in [5.74, 6) is -0.234. The zero-order valence-corrected chi connectivity index (χ0v) is 14.1. The highest BCUT2D eigenvalue weighted by molar-refractivity contribution is 6.36. The molecule has 0 saturated carbocycles. The number of hydrogen-bond acceptors (Lipinski definition) is 4. The molecule has 0 aromatic heterocycles. The van der Waals surface area contributed by atoms with Crippen LogP contribution in [0.3, 0.4) is 0 Å². The van der Waals surface area contributed by atoms with Crippen molar-refractivity contribution in [2.24, 2.45) is 5.92 Å². The van der Waals surface area contributed by atoms with Crippen LogP contribution in [0.1, 0.15) is 20.3 Å². The Kier molecular flexibility index (Phi) is 5.19. The van der Waals surface area contributed by atoms with Gasteiger partial charge in [-0.1, -0.05) is 37.0 Å². The summed E-state index contributed by atoms with van der Waals surface area (Å²) in [6.07, 6.45) is -0.569. The number of ether oxygens (including phenoxy) is 2. The normalized spacial score (nSPS) is 17.3. The van der Waals surface area contributed by atoms with Gasteiger partial charge in [0.05, 0.1) is 24.2 Å². The number of amides is 1. The summed E-state index contributed by atoms with van der Waals surface area (Å²) >= 11 is 12.2. The molecule has 0 spiro atoms. The van der Waals surface area contributed by atoms with Gasteiger partial charge in [-0.25, -0.2) is 0 Å². The molecule has 0 unspecified atom stereocenters. The second-order valence-corrected chi connectivity index (χ2v) is 6.18. The number of benzene rings is 1. The lowest BCUT2D eigenvalue weighted by molar-refractivity contribution is -0.140. The van der Waals surface area contributed by atoms with Crippen LogP contribution in [0.2, 0.25) is 10.0 Å². The Balaban J connectivity index is 2.41. The van der Waals surface area contributed by atoms with Crippen molar-refractivity contribution in [1.82, 2.24) is 0 Å². The van der Waals surface area contributed by atoms with Crippen LogP contribution in [0.4, 0.5) is 5.69 Å². The molecular formula is C15H17Cl2NO4. The topological polar surface area (TPSA) is 55.8 Å². The first-order chi connectivity index (χ1) is 10.3. The third-order valence-corrected chi connectivity index (χ3v) is 3.91. The number of halogens is 2. The van der Waals surface area contributed by atoms with Crippen LogP contribution in [0.25, 0.3) is 0 Å². The maximum Gasteiger partial charge on any atom is 0.307 e. The molecule has 0 saturated heterocycles. The molecule has 1 aliphatic rings. The molecule has 0 radical (unpaired) electrons. The number of nitrogens with zero attached hydrogens (tertiary/aromatic N) is 1. The van der Waals surface area contributed by atoms with Gasteiger partial charge in [0.2, 0.25) is 0 Å². The van der Waals surface area contributed by atoms with Crippen LogP contribution < -0.4 is 9.64 Å². The fourth-order valence-electron chi connectivity index (χ4n) is 2.27. The molecule has 1 atom stereocenters. The van der Waals surface area contributed by atoms with E-state index in [4.69, 9.17) is 27.9 Å². The van der Waals surface area contributed by atoms with Gasteiger partial charge in [-0.15, -0.1) is 0 Å². The summed E-state index contributed by atoms with van der Waals surface area (Å²) in [4.78, 5) is 25.5. The standard InChI is InChI=1S/C15H17Cl2NO4/c1-8(2)13-15(20)18(5-4-12(19)21-3)11-7-9(16)6-10(17)14(11)22-13/h6-8,13H,4-5H2,1-3H3/t13-/m0/s1. The van der Waals surface area contributed by atoms with E-state index in [0.29, 0.717) is 21.5 Å². The second-order valence-electron chi connectivity index (χ2n) is 5.33. The van der Waals surface area contributed by atoms with Gasteiger partial charge >= 0.3 is 5.97 Å². The number of hydrogen-bond donors (Lipinski definition) is 0. The lowest BCUT2D eigenvalue weighted by atomic mass is 10.0. The van der Waals surface area contributed by atoms with Crippen molar-refractivity contribution in [1.29, 1.82) is 0 Å². The van der Waals surface area contributed by atoms with Gasteiger partial charge in [-0.2, -0.15) is 0 Å². The first kappa shape index (κ1) is 16.9. The molecule has 0 fully saturated rings. The fraction of sp³-hybridized carbons (Fsp3) is 0.467. The van der Waals surface area contributed by atoms with E-state index in [2.05, 4.69) is 4.74 Å². The zero-order valence-electron chi connectivity index (χ0n) is 12.6. The second kappa shape index (κ2) is 6.75. The fourth-order valence-corrected chi connectivity index (χ4v) is 2.80. The molecule has 0 N–H and O–H groups in total. The number of anilines is 1. The molecule has 1 amide bonds. The highest BCUT2D eigenvalue weighted by atomic mass is 35.5. The van der Waals surface area contributed by atoms with Crippen molar-refractivity contribution in [2.45, 2.75) is 26.4 Å². The number of carbonyl (C=O) groups is 2. The highest BCUT2D eigenvalue weighted by Gasteiger charge is 2.37. The molecule has 1 aliphatic heterocycles. The molecular weight excluding hydrogens is 329 g/mol. The number of rotatable bonds is 4. The van der Waals surface area contributed by atoms with Crippen molar-refractivity contribution >= 4 is 40.8 Å². The molecule has 1 heterocycles. The molecule has 7 heteroatoms. The number of methoxy groups -OCH3 is 1. The van der Waals surface area contributed by atoms with E-state index in [1.165, 1.54) is 12.0 Å². The Morgan fingerprint density at radius 2 is 2.09 bits per heavy atom. The lowest BCUT2D eigenvalue weighted by Gasteiger charge is -2.36. The molecule has 2 rings (SSSR count). The van der Waals surface area contributed by atoms with Crippen LogP contribution in [0.15, 0.2) is 12.1 Å². The average molecular weight is 346 g/mol. The third kappa shape index (κ3) is 3.31. The molecule has 1 aromatic rings. The van der Waals surface area contributed by atoms with E-state index in [0.717, 1.165) is 0 Å². The Morgan fingerprint density at radius 1 is 1.41 bits per heavy atom. The Bertz CT molecular complexity index is 603. The van der Waals surface area contributed by atoms with E-state index in [9.17, 15) is 9.59 Å². The van der Waals surface area contributed by atoms with Gasteiger partial charge in [0.25, 0.3) is 5.91 Å². The minimum atomic E-state index is -0.649. The maximum absolute atomic E-state index is 12.6. The molecule has 120 valence electrons. The van der Waals surface area contributed by atoms with Gasteiger partial charge in [-0.3, -0.25) is 9.59 Å². The summed E-state index contributed by atoms with van der Waals surface area (Å²) in [5.41, 5.74) is 0.475. The predicted octanol–water partition coefficient (Wildman–Crippen LogP) is 3.31. The minimum Gasteiger partial charge on any atom is -0.477 e. The Labute approximate surface area is 139 Å². The summed E-state index contributed by atoms with van der Waals surface area (Å²) in [5, 5.41) is 0.731. The third-order valence-electron chi connectivity index (χ3n) is 3.41. The average Bonchev–Trinajstić information content (AvgIpc) is 2.45. The summed E-state index contributed by atoms with van der Waals surface area (Å²) < 4.78 is 10.4. The molecule has 22 heavy (non-hydrogen) atoms. The monoisotopic (exact) mass is 345 g/mol. The van der Waals surface area contributed by atoms with Crippen molar-refractivity contribution in [3.63, 3.8) is 0 Å². The molecule has 1 aromatic carbocycles. The zero-order chi connectivity index (χ0) is 16.4. The summed E-state index contributed by atoms with van der Waals surface area (Å²) in [6.45, 7) is 3.95. The predicted molar refractivity (Wildman–Crippen MR) is 84.7 cm³/mol. The molecule has 0 bridgehead atoms. The van der Waals surface area contributed by atoms with Gasteiger partial charge < -0.3 is 14.4 Å². The molecule has 0 aliphatic carbocycles. The van der Waals surface area contributed by atoms with Crippen molar-refractivity contribution in [3.8, 4) is 5.75 Å². The smallest absolute Gasteiger partial charge is 0.307 e. The van der Waals surface area contributed by atoms with Crippen LogP contribution in [-0.2, 0) is 14.3 Å². The van der Waals surface area contributed by atoms with E-state index in [1.807, 2.05) is 13.8 Å². The minimum absolute atomic E-state index is 0.0342. The van der Waals surface area contributed by atoms with Crippen molar-refractivity contribution in [3.05, 3.63) is 22.2 Å². The molecule has 5 nitrogen and oxygen atoms in total. The van der Waals surface area contributed by atoms with E-state index >= 15 is 0 Å². The van der Waals surface area contributed by atoms with Gasteiger partial charge in [0.1, 0.15) is 0 Å². The first-order valence-corrected chi connectivity index (χ1v) is 7.64. The van der Waals surface area contributed by atoms with E-state index in [1.54, 1.807) is 12.1 Å². The van der Waals surface area contributed by atoms with Gasteiger partial charge in [-0.05, 0) is 18.1 Å². The quantitative estimate of drug-likeness (QED) is 0.785. The van der Waals surface area contributed by atoms with Crippen LogP contribution in [-0.4, -0.2) is 31.6 Å². The number of fused-ring (bicyclic) bond motifs is 1. The van der Waals surface area contributed by atoms with Crippen LogP contribution >= 0.6 is 23.2 Å². The van der Waals surface area contributed by atoms with Gasteiger partial charge in [0.15, 0.2) is 11.9 Å². The maximum atomic E-state index is 12.6. The van der Waals surface area contributed by atoms with Crippen molar-refractivity contribution in [2.75, 3.05) is 18.6 Å². The SMILES string of the molecule is COC(=O)CCN1C(=O)[C@H](C(C)C)Oc2c(Cl)cc(Cl)cc21. The Morgan fingerprint density at radius 3 is 2.68 bits per heavy atom. The first-order valence-electron chi connectivity index (χ1n) is 6.89. The van der Waals surface area contributed by atoms with E-state index < -0.39 is 12.1 Å². The van der Waals surface area contributed by atoms with E-state index in [-0.39, 0.29) is 24.8 Å².